The van der Waals surface area contributed by atoms with Gasteiger partial charge in [0.15, 0.2) is 0 Å². The molecule has 3 heterocycles. The quantitative estimate of drug-likeness (QED) is 0.286. The van der Waals surface area contributed by atoms with E-state index < -0.39 is 23.9 Å². The van der Waals surface area contributed by atoms with Gasteiger partial charge in [0, 0.05) is 17.5 Å². The Hall–Kier alpha value is -3.67. The van der Waals surface area contributed by atoms with E-state index in [1.807, 2.05) is 0 Å². The molecule has 0 aromatic carbocycles. The Morgan fingerprint density at radius 2 is 1.93 bits per heavy atom. The van der Waals surface area contributed by atoms with Crippen LogP contribution in [0.4, 0.5) is 11.8 Å². The van der Waals surface area contributed by atoms with Crippen LogP contribution in [0.5, 0.6) is 0 Å². The van der Waals surface area contributed by atoms with Crippen molar-refractivity contribution in [1.29, 1.82) is 0 Å². The maximum absolute atomic E-state index is 12.3. The summed E-state index contributed by atoms with van der Waals surface area (Å²) in [6, 6.07) is 2.14. The predicted molar refractivity (Wildman–Crippen MR) is 110 cm³/mol. The summed E-state index contributed by atoms with van der Waals surface area (Å²) in [5, 5.41) is 20.9. The number of rotatable bonds is 9. The molecule has 0 spiro atoms. The highest BCUT2D eigenvalue weighted by Gasteiger charge is 2.22. The van der Waals surface area contributed by atoms with E-state index in [1.165, 1.54) is 11.3 Å². The number of aliphatic carboxylic acids is 2. The number of nitrogen functional groups attached to an aromatic ring is 2. The van der Waals surface area contributed by atoms with E-state index in [0.717, 1.165) is 10.4 Å². The molecular formula is C18H20N6O5S. The molecule has 0 saturated heterocycles. The van der Waals surface area contributed by atoms with Crippen LogP contribution in [-0.4, -0.2) is 49.1 Å². The molecule has 3 aromatic rings. The standard InChI is InChI=1S/C18H20N6O5S/c19-14-13-8(7-21-15(13)24-18(20)23-14)1-2-9-3-5-11(30-9)16(27)22-10(17(28)29)4-6-12(25)26/h3,5,7,10H,1-2,4,6H2,(H,22,27)(H,25,26)(H,28,29)(H5,19,20,21,23,24)/t10-/m0/s1. The molecule has 1 atom stereocenters. The lowest BCUT2D eigenvalue weighted by atomic mass is 10.1. The highest BCUT2D eigenvalue weighted by Crippen LogP contribution is 2.25. The van der Waals surface area contributed by atoms with Crippen LogP contribution in [0, 0.1) is 0 Å². The van der Waals surface area contributed by atoms with Crippen molar-refractivity contribution in [2.45, 2.75) is 31.7 Å². The second-order valence-electron chi connectivity index (χ2n) is 6.57. The number of aromatic nitrogens is 3. The fraction of sp³-hybridized carbons (Fsp3) is 0.278. The molecule has 0 radical (unpaired) electrons. The zero-order valence-electron chi connectivity index (χ0n) is 15.7. The third-order valence-electron chi connectivity index (χ3n) is 4.44. The topological polar surface area (TPSA) is 197 Å². The van der Waals surface area contributed by atoms with Gasteiger partial charge in [-0.1, -0.05) is 0 Å². The number of anilines is 2. The maximum Gasteiger partial charge on any atom is 0.326 e. The average molecular weight is 432 g/mol. The van der Waals surface area contributed by atoms with Crippen LogP contribution in [0.15, 0.2) is 18.3 Å². The summed E-state index contributed by atoms with van der Waals surface area (Å²) in [7, 11) is 0. The molecule has 0 aliphatic rings. The highest BCUT2D eigenvalue weighted by molar-refractivity contribution is 7.14. The zero-order valence-corrected chi connectivity index (χ0v) is 16.5. The number of fused-ring (bicyclic) bond motifs is 1. The first-order valence-corrected chi connectivity index (χ1v) is 9.79. The number of nitrogens with zero attached hydrogens (tertiary/aromatic N) is 2. The van der Waals surface area contributed by atoms with Gasteiger partial charge >= 0.3 is 11.9 Å². The Morgan fingerprint density at radius 1 is 1.17 bits per heavy atom. The minimum absolute atomic E-state index is 0.0883. The van der Waals surface area contributed by atoms with Crippen molar-refractivity contribution < 1.29 is 24.6 Å². The maximum atomic E-state index is 12.3. The first kappa shape index (κ1) is 21.0. The zero-order chi connectivity index (χ0) is 21.8. The number of amides is 1. The summed E-state index contributed by atoms with van der Waals surface area (Å²) in [6.07, 6.45) is 2.49. The number of carboxylic acid groups (broad SMARTS) is 2. The van der Waals surface area contributed by atoms with E-state index in [0.29, 0.717) is 34.6 Å². The molecular weight excluding hydrogens is 412 g/mol. The molecule has 0 saturated carbocycles. The van der Waals surface area contributed by atoms with Crippen LogP contribution in [0.3, 0.4) is 0 Å². The van der Waals surface area contributed by atoms with E-state index >= 15 is 0 Å². The summed E-state index contributed by atoms with van der Waals surface area (Å²) >= 11 is 1.24. The van der Waals surface area contributed by atoms with Crippen molar-refractivity contribution >= 4 is 52.0 Å². The number of nitrogens with two attached hydrogens (primary N) is 2. The number of carbonyl (C=O) groups is 3. The Morgan fingerprint density at radius 3 is 2.63 bits per heavy atom. The van der Waals surface area contributed by atoms with Gasteiger partial charge < -0.3 is 32.0 Å². The minimum atomic E-state index is -1.28. The van der Waals surface area contributed by atoms with Crippen LogP contribution < -0.4 is 16.8 Å². The van der Waals surface area contributed by atoms with Gasteiger partial charge in [-0.25, -0.2) is 4.79 Å². The SMILES string of the molecule is Nc1nc(N)c2c(CCc3ccc(C(=O)N[C@@H](CCC(=O)O)C(=O)O)s3)c[nH]c2n1. The Kier molecular flexibility index (Phi) is 6.16. The van der Waals surface area contributed by atoms with Crippen molar-refractivity contribution in [3.05, 3.63) is 33.6 Å². The number of nitrogens with one attached hydrogen (secondary N) is 2. The fourth-order valence-corrected chi connectivity index (χ4v) is 3.90. The number of H-pyrrole nitrogens is 1. The molecule has 158 valence electrons. The number of aryl methyl sites for hydroxylation is 2. The summed E-state index contributed by atoms with van der Waals surface area (Å²) in [6.45, 7) is 0. The molecule has 1 amide bonds. The third kappa shape index (κ3) is 4.84. The fourth-order valence-electron chi connectivity index (χ4n) is 2.99. The lowest BCUT2D eigenvalue weighted by Gasteiger charge is -2.12. The molecule has 0 aliphatic carbocycles. The van der Waals surface area contributed by atoms with Gasteiger partial charge in [-0.2, -0.15) is 9.97 Å². The number of aromatic amines is 1. The largest absolute Gasteiger partial charge is 0.481 e. The molecule has 0 fully saturated rings. The van der Waals surface area contributed by atoms with Gasteiger partial charge in [0.05, 0.1) is 10.3 Å². The lowest BCUT2D eigenvalue weighted by molar-refractivity contribution is -0.140. The second kappa shape index (κ2) is 8.78. The minimum Gasteiger partial charge on any atom is -0.481 e. The number of hydrogen-bond acceptors (Lipinski definition) is 8. The van der Waals surface area contributed by atoms with Gasteiger partial charge in [0.25, 0.3) is 5.91 Å². The van der Waals surface area contributed by atoms with Crippen LogP contribution in [0.25, 0.3) is 11.0 Å². The van der Waals surface area contributed by atoms with Crippen molar-refractivity contribution in [1.82, 2.24) is 20.3 Å². The van der Waals surface area contributed by atoms with E-state index in [2.05, 4.69) is 20.3 Å². The number of thiophene rings is 1. The van der Waals surface area contributed by atoms with Gasteiger partial charge in [-0.3, -0.25) is 9.59 Å². The molecule has 3 aromatic heterocycles. The van der Waals surface area contributed by atoms with E-state index in [1.54, 1.807) is 18.3 Å². The average Bonchev–Trinajstić information content (AvgIpc) is 3.29. The Balaban J connectivity index is 1.64. The van der Waals surface area contributed by atoms with Gasteiger partial charge in [-0.15, -0.1) is 11.3 Å². The van der Waals surface area contributed by atoms with Crippen molar-refractivity contribution in [3.8, 4) is 0 Å². The first-order chi connectivity index (χ1) is 14.2. The van der Waals surface area contributed by atoms with Crippen LogP contribution in [0.2, 0.25) is 0 Å². The molecule has 0 aliphatic heterocycles. The van der Waals surface area contributed by atoms with E-state index in [9.17, 15) is 14.4 Å². The molecule has 0 unspecified atom stereocenters. The van der Waals surface area contributed by atoms with Crippen LogP contribution in [0.1, 0.15) is 33.0 Å². The summed E-state index contributed by atoms with van der Waals surface area (Å²) in [5.74, 6) is -2.57. The molecule has 3 rings (SSSR count). The highest BCUT2D eigenvalue weighted by atomic mass is 32.1. The van der Waals surface area contributed by atoms with Gasteiger partial charge in [-0.05, 0) is 37.0 Å². The smallest absolute Gasteiger partial charge is 0.326 e. The molecule has 12 heteroatoms. The molecule has 30 heavy (non-hydrogen) atoms. The van der Waals surface area contributed by atoms with E-state index in [-0.39, 0.29) is 18.8 Å². The number of carboxylic acids is 2. The summed E-state index contributed by atoms with van der Waals surface area (Å²) in [4.78, 5) is 46.6. The normalized spacial score (nSPS) is 12.0. The molecule has 11 nitrogen and oxygen atoms in total. The predicted octanol–water partition coefficient (Wildman–Crippen LogP) is 1.02. The third-order valence-corrected chi connectivity index (χ3v) is 5.58. The first-order valence-electron chi connectivity index (χ1n) is 8.97. The van der Waals surface area contributed by atoms with E-state index in [4.69, 9.17) is 21.7 Å². The Labute approximate surface area is 174 Å². The lowest BCUT2D eigenvalue weighted by Crippen LogP contribution is -2.40. The number of hydrogen-bond donors (Lipinski definition) is 6. The summed E-state index contributed by atoms with van der Waals surface area (Å²) < 4.78 is 0. The van der Waals surface area contributed by atoms with Crippen molar-refractivity contribution in [2.75, 3.05) is 11.5 Å². The molecule has 8 N–H and O–H groups in total. The monoisotopic (exact) mass is 432 g/mol. The molecule has 0 bridgehead atoms. The van der Waals surface area contributed by atoms with Gasteiger partial charge in [0.1, 0.15) is 17.5 Å². The van der Waals surface area contributed by atoms with Crippen LogP contribution in [-0.2, 0) is 22.4 Å². The summed E-state index contributed by atoms with van der Waals surface area (Å²) in [5.41, 5.74) is 13.0. The van der Waals surface area contributed by atoms with Crippen LogP contribution >= 0.6 is 11.3 Å². The van der Waals surface area contributed by atoms with Gasteiger partial charge in [0.2, 0.25) is 5.95 Å². The Bertz CT molecular complexity index is 1110. The van der Waals surface area contributed by atoms with Crippen molar-refractivity contribution in [3.63, 3.8) is 0 Å². The second-order valence-corrected chi connectivity index (χ2v) is 7.74. The number of carbonyl (C=O) groups excluding carboxylic acids is 1. The van der Waals surface area contributed by atoms with Crippen molar-refractivity contribution in [2.24, 2.45) is 0 Å².